The fourth-order valence-corrected chi connectivity index (χ4v) is 2.20. The standard InChI is InChI=1S/C14H21NO4/c1-5-10(14(16)17)13(15-2)9-6-7-11(18-3)12(8-9)19-4/h6-8,10,13,15H,5H2,1-4H3,(H,16,17). The van der Waals surface area contributed by atoms with Gasteiger partial charge in [0.05, 0.1) is 20.1 Å². The van der Waals surface area contributed by atoms with Gasteiger partial charge in [0.2, 0.25) is 0 Å². The summed E-state index contributed by atoms with van der Waals surface area (Å²) in [5.74, 6) is -0.0651. The number of carboxylic acid groups (broad SMARTS) is 1. The molecular formula is C14H21NO4. The van der Waals surface area contributed by atoms with E-state index in [0.29, 0.717) is 17.9 Å². The lowest BCUT2D eigenvalue weighted by Crippen LogP contribution is -2.30. The molecule has 5 heteroatoms. The summed E-state index contributed by atoms with van der Waals surface area (Å²) in [6, 6.07) is 5.19. The number of rotatable bonds is 7. The summed E-state index contributed by atoms with van der Waals surface area (Å²) in [5, 5.41) is 12.3. The number of benzene rings is 1. The van der Waals surface area contributed by atoms with Crippen molar-refractivity contribution < 1.29 is 19.4 Å². The number of aliphatic carboxylic acids is 1. The Kier molecular flexibility index (Phi) is 5.63. The Morgan fingerprint density at radius 1 is 1.32 bits per heavy atom. The third-order valence-corrected chi connectivity index (χ3v) is 3.24. The Balaban J connectivity index is 3.14. The third kappa shape index (κ3) is 3.38. The van der Waals surface area contributed by atoms with E-state index in [4.69, 9.17) is 9.47 Å². The lowest BCUT2D eigenvalue weighted by atomic mass is 9.91. The van der Waals surface area contributed by atoms with Crippen LogP contribution in [-0.4, -0.2) is 32.3 Å². The molecular weight excluding hydrogens is 246 g/mol. The SMILES string of the molecule is CCC(C(=O)O)C(NC)c1ccc(OC)c(OC)c1. The van der Waals surface area contributed by atoms with Crippen molar-refractivity contribution in [1.29, 1.82) is 0 Å². The summed E-state index contributed by atoms with van der Waals surface area (Å²) < 4.78 is 10.4. The highest BCUT2D eigenvalue weighted by molar-refractivity contribution is 5.71. The van der Waals surface area contributed by atoms with Crippen LogP contribution in [0.15, 0.2) is 18.2 Å². The predicted octanol–water partition coefficient (Wildman–Crippen LogP) is 2.08. The Hall–Kier alpha value is -1.75. The fraction of sp³-hybridized carbons (Fsp3) is 0.500. The van der Waals surface area contributed by atoms with Gasteiger partial charge in [-0.15, -0.1) is 0 Å². The second-order valence-electron chi connectivity index (χ2n) is 4.23. The molecule has 1 rings (SSSR count). The Labute approximate surface area is 113 Å². The fourth-order valence-electron chi connectivity index (χ4n) is 2.20. The van der Waals surface area contributed by atoms with Crippen LogP contribution >= 0.6 is 0 Å². The van der Waals surface area contributed by atoms with Gasteiger partial charge < -0.3 is 19.9 Å². The van der Waals surface area contributed by atoms with Crippen LogP contribution in [0.2, 0.25) is 0 Å². The zero-order valence-corrected chi connectivity index (χ0v) is 11.8. The van der Waals surface area contributed by atoms with Gasteiger partial charge in [-0.1, -0.05) is 13.0 Å². The predicted molar refractivity (Wildman–Crippen MR) is 72.8 cm³/mol. The van der Waals surface area contributed by atoms with Crippen LogP contribution in [0.25, 0.3) is 0 Å². The van der Waals surface area contributed by atoms with E-state index >= 15 is 0 Å². The largest absolute Gasteiger partial charge is 0.493 e. The number of methoxy groups -OCH3 is 2. The Bertz CT molecular complexity index is 433. The number of ether oxygens (including phenoxy) is 2. The molecule has 0 aliphatic carbocycles. The number of carbonyl (C=O) groups is 1. The molecule has 0 saturated carbocycles. The highest BCUT2D eigenvalue weighted by atomic mass is 16.5. The van der Waals surface area contributed by atoms with E-state index in [1.807, 2.05) is 19.1 Å². The summed E-state index contributed by atoms with van der Waals surface area (Å²) in [6.07, 6.45) is 0.551. The average molecular weight is 267 g/mol. The van der Waals surface area contributed by atoms with Crippen LogP contribution in [0.1, 0.15) is 24.9 Å². The minimum atomic E-state index is -0.809. The van der Waals surface area contributed by atoms with E-state index < -0.39 is 11.9 Å². The molecule has 19 heavy (non-hydrogen) atoms. The highest BCUT2D eigenvalue weighted by Gasteiger charge is 2.27. The lowest BCUT2D eigenvalue weighted by molar-refractivity contribution is -0.143. The van der Waals surface area contributed by atoms with E-state index in [-0.39, 0.29) is 6.04 Å². The van der Waals surface area contributed by atoms with Gasteiger partial charge in [-0.2, -0.15) is 0 Å². The first-order chi connectivity index (χ1) is 9.08. The first-order valence-electron chi connectivity index (χ1n) is 6.21. The van der Waals surface area contributed by atoms with Crippen LogP contribution < -0.4 is 14.8 Å². The first kappa shape index (κ1) is 15.3. The highest BCUT2D eigenvalue weighted by Crippen LogP contribution is 2.33. The Morgan fingerprint density at radius 3 is 2.37 bits per heavy atom. The minimum Gasteiger partial charge on any atom is -0.493 e. The molecule has 0 spiro atoms. The molecule has 0 saturated heterocycles. The topological polar surface area (TPSA) is 67.8 Å². The zero-order valence-electron chi connectivity index (χ0n) is 11.8. The van der Waals surface area contributed by atoms with Crippen molar-refractivity contribution in [2.24, 2.45) is 5.92 Å². The molecule has 0 radical (unpaired) electrons. The van der Waals surface area contributed by atoms with Crippen LogP contribution in [-0.2, 0) is 4.79 Å². The lowest BCUT2D eigenvalue weighted by Gasteiger charge is -2.23. The second-order valence-corrected chi connectivity index (χ2v) is 4.23. The maximum Gasteiger partial charge on any atom is 0.308 e. The molecule has 5 nitrogen and oxygen atoms in total. The summed E-state index contributed by atoms with van der Waals surface area (Å²) in [6.45, 7) is 1.86. The molecule has 0 aromatic heterocycles. The van der Waals surface area contributed by atoms with Crippen molar-refractivity contribution in [2.75, 3.05) is 21.3 Å². The van der Waals surface area contributed by atoms with Crippen molar-refractivity contribution in [1.82, 2.24) is 5.32 Å². The average Bonchev–Trinajstić information content (AvgIpc) is 2.43. The van der Waals surface area contributed by atoms with E-state index in [2.05, 4.69) is 5.32 Å². The molecule has 106 valence electrons. The molecule has 0 bridgehead atoms. The van der Waals surface area contributed by atoms with Crippen molar-refractivity contribution in [3.05, 3.63) is 23.8 Å². The zero-order chi connectivity index (χ0) is 14.4. The van der Waals surface area contributed by atoms with Gasteiger partial charge >= 0.3 is 5.97 Å². The molecule has 2 atom stereocenters. The minimum absolute atomic E-state index is 0.262. The molecule has 0 fully saturated rings. The normalized spacial score (nSPS) is 13.7. The summed E-state index contributed by atoms with van der Waals surface area (Å²) in [7, 11) is 4.89. The monoisotopic (exact) mass is 267 g/mol. The summed E-state index contributed by atoms with van der Waals surface area (Å²) in [5.41, 5.74) is 0.870. The number of hydrogen-bond acceptors (Lipinski definition) is 4. The molecule has 1 aromatic carbocycles. The van der Waals surface area contributed by atoms with Gasteiger partial charge in [0.1, 0.15) is 0 Å². The van der Waals surface area contributed by atoms with E-state index in [1.54, 1.807) is 27.3 Å². The quantitative estimate of drug-likeness (QED) is 0.791. The smallest absolute Gasteiger partial charge is 0.308 e. The molecule has 2 N–H and O–H groups in total. The molecule has 0 aliphatic heterocycles. The van der Waals surface area contributed by atoms with Crippen LogP contribution in [0.4, 0.5) is 0 Å². The number of nitrogens with one attached hydrogen (secondary N) is 1. The van der Waals surface area contributed by atoms with Crippen LogP contribution in [0.3, 0.4) is 0 Å². The summed E-state index contributed by atoms with van der Waals surface area (Å²) in [4.78, 5) is 11.3. The van der Waals surface area contributed by atoms with Crippen LogP contribution in [0, 0.1) is 5.92 Å². The molecule has 0 aliphatic rings. The van der Waals surface area contributed by atoms with Gasteiger partial charge in [0.15, 0.2) is 11.5 Å². The maximum atomic E-state index is 11.3. The first-order valence-corrected chi connectivity index (χ1v) is 6.21. The number of hydrogen-bond donors (Lipinski definition) is 2. The Morgan fingerprint density at radius 2 is 1.95 bits per heavy atom. The van der Waals surface area contributed by atoms with Crippen molar-refractivity contribution in [2.45, 2.75) is 19.4 Å². The number of carboxylic acids is 1. The molecule has 2 unspecified atom stereocenters. The van der Waals surface area contributed by atoms with E-state index in [1.165, 1.54) is 0 Å². The second kappa shape index (κ2) is 6.99. The van der Waals surface area contributed by atoms with Gasteiger partial charge in [0, 0.05) is 6.04 Å². The maximum absolute atomic E-state index is 11.3. The van der Waals surface area contributed by atoms with Crippen molar-refractivity contribution in [3.8, 4) is 11.5 Å². The van der Waals surface area contributed by atoms with Gasteiger partial charge in [-0.25, -0.2) is 0 Å². The molecule has 0 heterocycles. The molecule has 1 aromatic rings. The summed E-state index contributed by atoms with van der Waals surface area (Å²) >= 11 is 0. The molecule has 0 amide bonds. The van der Waals surface area contributed by atoms with E-state index in [9.17, 15) is 9.90 Å². The van der Waals surface area contributed by atoms with Crippen molar-refractivity contribution in [3.63, 3.8) is 0 Å². The van der Waals surface area contributed by atoms with Crippen molar-refractivity contribution >= 4 is 5.97 Å². The van der Waals surface area contributed by atoms with Crippen LogP contribution in [0.5, 0.6) is 11.5 Å². The van der Waals surface area contributed by atoms with Gasteiger partial charge in [0.25, 0.3) is 0 Å². The third-order valence-electron chi connectivity index (χ3n) is 3.24. The van der Waals surface area contributed by atoms with E-state index in [0.717, 1.165) is 5.56 Å². The van der Waals surface area contributed by atoms with Gasteiger partial charge in [-0.3, -0.25) is 4.79 Å². The van der Waals surface area contributed by atoms with Gasteiger partial charge in [-0.05, 0) is 31.2 Å².